The maximum absolute atomic E-state index is 3.55. The van der Waals surface area contributed by atoms with Crippen molar-refractivity contribution in [3.8, 4) is 0 Å². The molecule has 18 heavy (non-hydrogen) atoms. The molecule has 2 aliphatic rings. The number of nitrogens with one attached hydrogen (secondary N) is 1. The van der Waals surface area contributed by atoms with Crippen LogP contribution in [0.4, 0.5) is 0 Å². The summed E-state index contributed by atoms with van der Waals surface area (Å²) in [5.41, 5.74) is 3.05. The van der Waals surface area contributed by atoms with Crippen molar-refractivity contribution < 1.29 is 0 Å². The van der Waals surface area contributed by atoms with Crippen molar-refractivity contribution in [2.24, 2.45) is 0 Å². The Morgan fingerprint density at radius 1 is 1.33 bits per heavy atom. The molecule has 0 amide bonds. The van der Waals surface area contributed by atoms with Gasteiger partial charge in [0.1, 0.15) is 0 Å². The van der Waals surface area contributed by atoms with E-state index in [1.807, 2.05) is 0 Å². The van der Waals surface area contributed by atoms with Crippen molar-refractivity contribution in [1.82, 2.24) is 10.2 Å². The van der Waals surface area contributed by atoms with Crippen molar-refractivity contribution in [3.63, 3.8) is 0 Å². The Bertz CT molecular complexity index is 407. The van der Waals surface area contributed by atoms with Crippen LogP contribution in [-0.2, 0) is 6.54 Å². The van der Waals surface area contributed by atoms with E-state index in [9.17, 15) is 0 Å². The lowest BCUT2D eigenvalue weighted by Crippen LogP contribution is -2.39. The maximum Gasteiger partial charge on any atom is 0.0364 e. The first kappa shape index (κ1) is 12.5. The molecule has 2 heterocycles. The fourth-order valence-electron chi connectivity index (χ4n) is 3.15. The monoisotopic (exact) mass is 262 g/mol. The first-order chi connectivity index (χ1) is 8.84. The molecule has 3 rings (SSSR count). The highest BCUT2D eigenvalue weighted by Crippen LogP contribution is 2.32. The molecule has 0 bridgehead atoms. The minimum Gasteiger partial charge on any atom is -0.313 e. The van der Waals surface area contributed by atoms with Crippen LogP contribution in [0, 0.1) is 0 Å². The number of thioether (sulfide) groups is 1. The second kappa shape index (κ2) is 5.64. The topological polar surface area (TPSA) is 15.3 Å². The summed E-state index contributed by atoms with van der Waals surface area (Å²) in [5, 5.41) is 4.33. The van der Waals surface area contributed by atoms with Crippen LogP contribution in [-0.4, -0.2) is 35.5 Å². The average molecular weight is 262 g/mol. The van der Waals surface area contributed by atoms with E-state index in [0.717, 1.165) is 18.3 Å². The molecule has 0 aliphatic carbocycles. The van der Waals surface area contributed by atoms with Crippen LogP contribution in [0.3, 0.4) is 0 Å². The number of nitrogens with zero attached hydrogens (tertiary/aromatic N) is 1. The second-order valence-corrected chi connectivity index (χ2v) is 6.90. The van der Waals surface area contributed by atoms with Gasteiger partial charge in [0.15, 0.2) is 0 Å². The Labute approximate surface area is 114 Å². The van der Waals surface area contributed by atoms with E-state index in [-0.39, 0.29) is 0 Å². The molecular formula is C15H22N2S. The van der Waals surface area contributed by atoms with Gasteiger partial charge < -0.3 is 5.32 Å². The fourth-order valence-corrected chi connectivity index (χ4v) is 4.18. The van der Waals surface area contributed by atoms with Gasteiger partial charge in [0.05, 0.1) is 0 Å². The Morgan fingerprint density at radius 2 is 2.22 bits per heavy atom. The Morgan fingerprint density at radius 3 is 3.11 bits per heavy atom. The van der Waals surface area contributed by atoms with Crippen molar-refractivity contribution >= 4 is 11.8 Å². The van der Waals surface area contributed by atoms with Crippen molar-refractivity contribution in [3.05, 3.63) is 35.4 Å². The molecule has 3 heteroatoms. The van der Waals surface area contributed by atoms with Gasteiger partial charge in [-0.3, -0.25) is 4.90 Å². The van der Waals surface area contributed by atoms with E-state index < -0.39 is 0 Å². The van der Waals surface area contributed by atoms with E-state index in [4.69, 9.17) is 0 Å². The molecule has 1 aromatic carbocycles. The predicted molar refractivity (Wildman–Crippen MR) is 79.0 cm³/mol. The lowest BCUT2D eigenvalue weighted by molar-refractivity contribution is 0.198. The first-order valence-electron chi connectivity index (χ1n) is 6.99. The van der Waals surface area contributed by atoms with Gasteiger partial charge in [-0.25, -0.2) is 0 Å². The third-order valence-electron chi connectivity index (χ3n) is 4.04. The van der Waals surface area contributed by atoms with Crippen LogP contribution in [0.5, 0.6) is 0 Å². The van der Waals surface area contributed by atoms with Gasteiger partial charge in [-0.2, -0.15) is 11.8 Å². The highest BCUT2D eigenvalue weighted by Gasteiger charge is 2.27. The number of benzene rings is 1. The third-order valence-corrected chi connectivity index (χ3v) is 5.17. The lowest BCUT2D eigenvalue weighted by Gasteiger charge is -2.37. The van der Waals surface area contributed by atoms with Gasteiger partial charge >= 0.3 is 0 Å². The van der Waals surface area contributed by atoms with E-state index >= 15 is 0 Å². The smallest absolute Gasteiger partial charge is 0.0364 e. The molecule has 1 fully saturated rings. The predicted octanol–water partition coefficient (Wildman–Crippen LogP) is 2.66. The summed E-state index contributed by atoms with van der Waals surface area (Å²) in [6.45, 7) is 7.01. The number of hydrogen-bond acceptors (Lipinski definition) is 3. The van der Waals surface area contributed by atoms with Gasteiger partial charge in [0.25, 0.3) is 0 Å². The largest absolute Gasteiger partial charge is 0.313 e. The molecule has 0 aromatic heterocycles. The molecule has 1 N–H and O–H groups in total. The van der Waals surface area contributed by atoms with Gasteiger partial charge in [0.2, 0.25) is 0 Å². The zero-order chi connectivity index (χ0) is 12.4. The Hall–Kier alpha value is -0.510. The van der Waals surface area contributed by atoms with Crippen LogP contribution in [0.2, 0.25) is 0 Å². The summed E-state index contributed by atoms with van der Waals surface area (Å²) in [5.74, 6) is 1.28. The molecule has 0 saturated carbocycles. The second-order valence-electron chi connectivity index (χ2n) is 5.36. The summed E-state index contributed by atoms with van der Waals surface area (Å²) in [4.78, 5) is 2.70. The minimum atomic E-state index is 0.625. The zero-order valence-corrected chi connectivity index (χ0v) is 11.9. The lowest BCUT2D eigenvalue weighted by atomic mass is 9.97. The van der Waals surface area contributed by atoms with E-state index in [2.05, 4.69) is 53.2 Å². The SMILES string of the molecule is CC1CN(C2CCNCc3ccccc32)CCS1. The number of rotatable bonds is 1. The van der Waals surface area contributed by atoms with Crippen LogP contribution in [0.1, 0.15) is 30.5 Å². The molecule has 2 aliphatic heterocycles. The Balaban J connectivity index is 1.86. The molecule has 0 spiro atoms. The normalized spacial score (nSPS) is 29.6. The van der Waals surface area contributed by atoms with Crippen LogP contribution >= 0.6 is 11.8 Å². The van der Waals surface area contributed by atoms with Gasteiger partial charge in [-0.15, -0.1) is 0 Å². The molecule has 0 radical (unpaired) electrons. The van der Waals surface area contributed by atoms with Crippen molar-refractivity contribution in [2.45, 2.75) is 31.2 Å². The molecular weight excluding hydrogens is 240 g/mol. The number of fused-ring (bicyclic) bond motifs is 1. The molecule has 2 atom stereocenters. The zero-order valence-electron chi connectivity index (χ0n) is 11.1. The summed E-state index contributed by atoms with van der Waals surface area (Å²) in [7, 11) is 0. The molecule has 2 nitrogen and oxygen atoms in total. The minimum absolute atomic E-state index is 0.625. The van der Waals surface area contributed by atoms with Crippen LogP contribution < -0.4 is 5.32 Å². The third kappa shape index (κ3) is 2.58. The van der Waals surface area contributed by atoms with Crippen LogP contribution in [0.25, 0.3) is 0 Å². The summed E-state index contributed by atoms with van der Waals surface area (Å²) >= 11 is 2.12. The maximum atomic E-state index is 3.55. The number of hydrogen-bond donors (Lipinski definition) is 1. The average Bonchev–Trinajstić information content (AvgIpc) is 2.61. The highest BCUT2D eigenvalue weighted by atomic mass is 32.2. The summed E-state index contributed by atoms with van der Waals surface area (Å²) in [6.07, 6.45) is 1.24. The quantitative estimate of drug-likeness (QED) is 0.837. The van der Waals surface area contributed by atoms with E-state index in [0.29, 0.717) is 6.04 Å². The fraction of sp³-hybridized carbons (Fsp3) is 0.600. The van der Waals surface area contributed by atoms with Gasteiger partial charge in [-0.1, -0.05) is 31.2 Å². The van der Waals surface area contributed by atoms with E-state index in [1.54, 1.807) is 5.56 Å². The van der Waals surface area contributed by atoms with Gasteiger partial charge in [0, 0.05) is 36.7 Å². The first-order valence-corrected chi connectivity index (χ1v) is 8.03. The Kier molecular flexibility index (Phi) is 3.92. The molecule has 1 saturated heterocycles. The highest BCUT2D eigenvalue weighted by molar-refractivity contribution is 7.99. The standard InChI is InChI=1S/C15H22N2S/c1-12-11-17(8-9-18-12)15-6-7-16-10-13-4-2-3-5-14(13)15/h2-5,12,15-16H,6-11H2,1H3. The molecule has 1 aromatic rings. The molecule has 98 valence electrons. The van der Waals surface area contributed by atoms with Gasteiger partial charge in [-0.05, 0) is 24.1 Å². The van der Waals surface area contributed by atoms with E-state index in [1.165, 1.54) is 30.8 Å². The van der Waals surface area contributed by atoms with Crippen LogP contribution in [0.15, 0.2) is 24.3 Å². The molecule has 2 unspecified atom stereocenters. The summed E-state index contributed by atoms with van der Waals surface area (Å²) in [6, 6.07) is 9.60. The van der Waals surface area contributed by atoms with Crippen molar-refractivity contribution in [1.29, 1.82) is 0 Å². The summed E-state index contributed by atoms with van der Waals surface area (Å²) < 4.78 is 0. The van der Waals surface area contributed by atoms with Crippen molar-refractivity contribution in [2.75, 3.05) is 25.4 Å².